The predicted octanol–water partition coefficient (Wildman–Crippen LogP) is 2.41. The molecule has 0 aromatic heterocycles. The Morgan fingerprint density at radius 3 is 2.58 bits per heavy atom. The Hall–Kier alpha value is -1.35. The van der Waals surface area contributed by atoms with Crippen molar-refractivity contribution in [1.29, 1.82) is 0 Å². The fourth-order valence-corrected chi connectivity index (χ4v) is 2.72. The molecule has 1 N–H and O–H groups in total. The SMILES string of the molecule is CC(C)C(CC(=O)N1CC[C@@H](O)C1)c1ccccc1. The van der Waals surface area contributed by atoms with Gasteiger partial charge < -0.3 is 10.0 Å². The summed E-state index contributed by atoms with van der Waals surface area (Å²) < 4.78 is 0. The first-order valence-corrected chi connectivity index (χ1v) is 7.08. The van der Waals surface area contributed by atoms with Gasteiger partial charge in [0.1, 0.15) is 0 Å². The van der Waals surface area contributed by atoms with Crippen molar-refractivity contribution in [3.63, 3.8) is 0 Å². The monoisotopic (exact) mass is 261 g/mol. The smallest absolute Gasteiger partial charge is 0.223 e. The van der Waals surface area contributed by atoms with Gasteiger partial charge in [0, 0.05) is 19.5 Å². The van der Waals surface area contributed by atoms with E-state index >= 15 is 0 Å². The first-order valence-electron chi connectivity index (χ1n) is 7.08. The second-order valence-corrected chi connectivity index (χ2v) is 5.75. The van der Waals surface area contributed by atoms with Crippen molar-refractivity contribution in [3.8, 4) is 0 Å². The van der Waals surface area contributed by atoms with Gasteiger partial charge in [-0.05, 0) is 23.8 Å². The van der Waals surface area contributed by atoms with Crippen molar-refractivity contribution in [2.24, 2.45) is 5.92 Å². The Labute approximate surface area is 115 Å². The Kier molecular flexibility index (Phi) is 4.59. The van der Waals surface area contributed by atoms with Crippen molar-refractivity contribution >= 4 is 5.91 Å². The third-order valence-corrected chi connectivity index (χ3v) is 3.94. The third-order valence-electron chi connectivity index (χ3n) is 3.94. The van der Waals surface area contributed by atoms with E-state index in [1.54, 1.807) is 4.90 Å². The molecule has 19 heavy (non-hydrogen) atoms. The molecule has 1 aromatic carbocycles. The molecule has 2 atom stereocenters. The van der Waals surface area contributed by atoms with Crippen LogP contribution in [0.2, 0.25) is 0 Å². The van der Waals surface area contributed by atoms with E-state index < -0.39 is 0 Å². The molecule has 1 aromatic rings. The molecule has 1 saturated heterocycles. The number of hydrogen-bond acceptors (Lipinski definition) is 2. The van der Waals surface area contributed by atoms with E-state index in [-0.39, 0.29) is 17.9 Å². The molecule has 3 nitrogen and oxygen atoms in total. The van der Waals surface area contributed by atoms with Gasteiger partial charge in [0.15, 0.2) is 0 Å². The summed E-state index contributed by atoms with van der Waals surface area (Å²) in [6.07, 6.45) is 0.913. The van der Waals surface area contributed by atoms with Crippen molar-refractivity contribution in [2.45, 2.75) is 38.7 Å². The van der Waals surface area contributed by atoms with Gasteiger partial charge in [0.2, 0.25) is 5.91 Å². The van der Waals surface area contributed by atoms with Crippen molar-refractivity contribution < 1.29 is 9.90 Å². The minimum Gasteiger partial charge on any atom is -0.391 e. The van der Waals surface area contributed by atoms with Gasteiger partial charge in [-0.1, -0.05) is 44.2 Å². The number of aliphatic hydroxyl groups is 1. The largest absolute Gasteiger partial charge is 0.391 e. The van der Waals surface area contributed by atoms with Gasteiger partial charge in [-0.15, -0.1) is 0 Å². The summed E-state index contributed by atoms with van der Waals surface area (Å²) in [5.41, 5.74) is 1.23. The van der Waals surface area contributed by atoms with Gasteiger partial charge in [-0.2, -0.15) is 0 Å². The zero-order valence-corrected chi connectivity index (χ0v) is 11.7. The van der Waals surface area contributed by atoms with E-state index in [0.717, 1.165) is 0 Å². The Balaban J connectivity index is 2.03. The summed E-state index contributed by atoms with van der Waals surface area (Å²) in [5.74, 6) is 0.851. The van der Waals surface area contributed by atoms with Gasteiger partial charge in [0.05, 0.1) is 6.10 Å². The van der Waals surface area contributed by atoms with Crippen LogP contribution >= 0.6 is 0 Å². The fraction of sp³-hybridized carbons (Fsp3) is 0.562. The number of carbonyl (C=O) groups excluding carboxylic acids is 1. The van der Waals surface area contributed by atoms with Crippen molar-refractivity contribution in [2.75, 3.05) is 13.1 Å². The second-order valence-electron chi connectivity index (χ2n) is 5.75. The molecule has 104 valence electrons. The summed E-state index contributed by atoms with van der Waals surface area (Å²) in [5, 5.41) is 9.51. The average Bonchev–Trinajstić information content (AvgIpc) is 2.83. The van der Waals surface area contributed by atoms with Gasteiger partial charge in [0.25, 0.3) is 0 Å². The predicted molar refractivity (Wildman–Crippen MR) is 75.8 cm³/mol. The van der Waals surface area contributed by atoms with Crippen LogP contribution in [0.5, 0.6) is 0 Å². The van der Waals surface area contributed by atoms with Crippen molar-refractivity contribution in [1.82, 2.24) is 4.90 Å². The minimum atomic E-state index is -0.335. The molecule has 1 unspecified atom stereocenters. The molecule has 1 fully saturated rings. The number of benzene rings is 1. The van der Waals surface area contributed by atoms with E-state index in [2.05, 4.69) is 26.0 Å². The molecule has 1 aliphatic rings. The summed E-state index contributed by atoms with van der Waals surface area (Å²) in [4.78, 5) is 14.1. The molecule has 0 bridgehead atoms. The number of hydrogen-bond donors (Lipinski definition) is 1. The lowest BCUT2D eigenvalue weighted by molar-refractivity contribution is -0.131. The van der Waals surface area contributed by atoms with Crippen molar-refractivity contribution in [3.05, 3.63) is 35.9 Å². The number of aliphatic hydroxyl groups excluding tert-OH is 1. The van der Waals surface area contributed by atoms with E-state index in [9.17, 15) is 9.90 Å². The number of likely N-dealkylation sites (tertiary alicyclic amines) is 1. The topological polar surface area (TPSA) is 40.5 Å². The summed E-state index contributed by atoms with van der Waals surface area (Å²) >= 11 is 0. The molecular weight excluding hydrogens is 238 g/mol. The fourth-order valence-electron chi connectivity index (χ4n) is 2.72. The maximum Gasteiger partial charge on any atom is 0.223 e. The summed E-state index contributed by atoms with van der Waals surface area (Å²) in [6, 6.07) is 10.2. The molecule has 3 heteroatoms. The van der Waals surface area contributed by atoms with Crippen LogP contribution in [0.4, 0.5) is 0 Å². The third kappa shape index (κ3) is 3.57. The Bertz CT molecular complexity index is 416. The quantitative estimate of drug-likeness (QED) is 0.904. The first kappa shape index (κ1) is 14.1. The lowest BCUT2D eigenvalue weighted by Crippen LogP contribution is -2.31. The lowest BCUT2D eigenvalue weighted by atomic mass is 9.85. The number of carbonyl (C=O) groups is 1. The highest BCUT2D eigenvalue weighted by Crippen LogP contribution is 2.29. The first-order chi connectivity index (χ1) is 9.08. The van der Waals surface area contributed by atoms with E-state index in [1.807, 2.05) is 18.2 Å². The molecule has 0 aliphatic carbocycles. The zero-order valence-electron chi connectivity index (χ0n) is 11.7. The van der Waals surface area contributed by atoms with Crippen LogP contribution in [-0.4, -0.2) is 35.1 Å². The van der Waals surface area contributed by atoms with E-state index in [4.69, 9.17) is 0 Å². The maximum atomic E-state index is 12.3. The number of rotatable bonds is 4. The van der Waals surface area contributed by atoms with Crippen LogP contribution in [0.25, 0.3) is 0 Å². The van der Waals surface area contributed by atoms with Gasteiger partial charge >= 0.3 is 0 Å². The summed E-state index contributed by atoms with van der Waals surface area (Å²) in [6.45, 7) is 5.51. The highest BCUT2D eigenvalue weighted by atomic mass is 16.3. The van der Waals surface area contributed by atoms with Crippen LogP contribution in [0.15, 0.2) is 30.3 Å². The van der Waals surface area contributed by atoms with Gasteiger partial charge in [-0.25, -0.2) is 0 Å². The van der Waals surface area contributed by atoms with Crippen LogP contribution < -0.4 is 0 Å². The van der Waals surface area contributed by atoms with Crippen LogP contribution in [0.1, 0.15) is 38.2 Å². The molecule has 1 heterocycles. The minimum absolute atomic E-state index is 0.166. The number of β-amino-alcohol motifs (C(OH)–C–C–N with tert-alkyl or cyclic N) is 1. The Morgan fingerprint density at radius 1 is 1.37 bits per heavy atom. The Morgan fingerprint density at radius 2 is 2.05 bits per heavy atom. The molecule has 1 amide bonds. The zero-order chi connectivity index (χ0) is 13.8. The maximum absolute atomic E-state index is 12.3. The van der Waals surface area contributed by atoms with Crippen LogP contribution in [-0.2, 0) is 4.79 Å². The van der Waals surface area contributed by atoms with E-state index in [1.165, 1.54) is 5.56 Å². The average molecular weight is 261 g/mol. The standard InChI is InChI=1S/C16H23NO2/c1-12(2)15(13-6-4-3-5-7-13)10-16(19)17-9-8-14(18)11-17/h3-7,12,14-15,18H,8-11H2,1-2H3/t14-,15?/m1/s1. The molecule has 0 radical (unpaired) electrons. The number of nitrogens with zero attached hydrogens (tertiary/aromatic N) is 1. The second kappa shape index (κ2) is 6.20. The number of amides is 1. The highest BCUT2D eigenvalue weighted by Gasteiger charge is 2.27. The highest BCUT2D eigenvalue weighted by molar-refractivity contribution is 5.77. The van der Waals surface area contributed by atoms with E-state index in [0.29, 0.717) is 31.8 Å². The molecule has 1 aliphatic heterocycles. The molecule has 0 spiro atoms. The molecule has 0 saturated carbocycles. The molecule has 2 rings (SSSR count). The van der Waals surface area contributed by atoms with Gasteiger partial charge in [-0.3, -0.25) is 4.79 Å². The lowest BCUT2D eigenvalue weighted by Gasteiger charge is -2.24. The normalized spacial score (nSPS) is 20.8. The van der Waals surface area contributed by atoms with Crippen LogP contribution in [0.3, 0.4) is 0 Å². The molecular formula is C16H23NO2. The van der Waals surface area contributed by atoms with Crippen LogP contribution in [0, 0.1) is 5.92 Å². The summed E-state index contributed by atoms with van der Waals surface area (Å²) in [7, 11) is 0.